The Morgan fingerprint density at radius 2 is 1.86 bits per heavy atom. The minimum atomic E-state index is -1.11. The first-order valence-electron chi connectivity index (χ1n) is 4.42. The zero-order chi connectivity index (χ0) is 11.6. The molecule has 0 rings (SSSR count). The van der Waals surface area contributed by atoms with Crippen molar-refractivity contribution in [2.45, 2.75) is 32.2 Å². The molecule has 0 aromatic carbocycles. The van der Waals surface area contributed by atoms with E-state index in [0.29, 0.717) is 0 Å². The van der Waals surface area contributed by atoms with Gasteiger partial charge in [0.15, 0.2) is 0 Å². The molecular weight excluding hydrogens is 186 g/mol. The van der Waals surface area contributed by atoms with Crippen molar-refractivity contribution in [3.63, 3.8) is 0 Å². The first-order chi connectivity index (χ1) is 6.45. The van der Waals surface area contributed by atoms with Gasteiger partial charge in [0, 0.05) is 6.42 Å². The van der Waals surface area contributed by atoms with Crippen molar-refractivity contribution in [1.82, 2.24) is 0 Å². The molecule has 14 heavy (non-hydrogen) atoms. The van der Waals surface area contributed by atoms with Crippen molar-refractivity contribution in [2.75, 3.05) is 6.54 Å². The predicted octanol–water partition coefficient (Wildman–Crippen LogP) is -0.981. The van der Waals surface area contributed by atoms with Crippen molar-refractivity contribution < 1.29 is 14.7 Å². The van der Waals surface area contributed by atoms with Crippen LogP contribution in [0.2, 0.25) is 0 Å². The summed E-state index contributed by atoms with van der Waals surface area (Å²) in [6.07, 6.45) is 1.22. The number of carbonyl (C=O) groups is 2. The van der Waals surface area contributed by atoms with Crippen LogP contribution in [-0.4, -0.2) is 29.6 Å². The van der Waals surface area contributed by atoms with Gasteiger partial charge in [-0.15, -0.1) is 0 Å². The van der Waals surface area contributed by atoms with Crippen molar-refractivity contribution in [3.05, 3.63) is 0 Å². The van der Waals surface area contributed by atoms with E-state index >= 15 is 0 Å². The summed E-state index contributed by atoms with van der Waals surface area (Å²) in [5, 5.41) is 8.22. The normalized spacial score (nSPS) is 11.1. The fraction of sp³-hybridized carbons (Fsp3) is 0.750. The van der Waals surface area contributed by atoms with Crippen LogP contribution < -0.4 is 17.2 Å². The second kappa shape index (κ2) is 9.94. The Kier molecular flexibility index (Phi) is 10.9. The smallest absolute Gasteiger partial charge is 0.320 e. The zero-order valence-corrected chi connectivity index (χ0v) is 8.40. The summed E-state index contributed by atoms with van der Waals surface area (Å²) >= 11 is 0. The predicted molar refractivity (Wildman–Crippen MR) is 53.4 cm³/mol. The van der Waals surface area contributed by atoms with Crippen LogP contribution in [0.5, 0.6) is 0 Å². The second-order valence-electron chi connectivity index (χ2n) is 2.74. The molecule has 1 atom stereocenters. The van der Waals surface area contributed by atoms with Gasteiger partial charge in [0.25, 0.3) is 0 Å². The summed E-state index contributed by atoms with van der Waals surface area (Å²) in [5.41, 5.74) is 14.8. The fourth-order valence-corrected chi connectivity index (χ4v) is 0.421. The maximum absolute atomic E-state index is 10.1. The Balaban J connectivity index is 0. The number of hydrogen-bond acceptors (Lipinski definition) is 4. The minimum absolute atomic E-state index is 0.0213. The average molecular weight is 205 g/mol. The molecule has 6 nitrogen and oxygen atoms in total. The van der Waals surface area contributed by atoms with E-state index in [0.717, 1.165) is 13.0 Å². The molecule has 0 bridgehead atoms. The van der Waals surface area contributed by atoms with Gasteiger partial charge in [-0.1, -0.05) is 6.92 Å². The lowest BCUT2D eigenvalue weighted by Gasteiger charge is -2.01. The van der Waals surface area contributed by atoms with Crippen molar-refractivity contribution in [1.29, 1.82) is 0 Å². The molecule has 1 amide bonds. The quantitative estimate of drug-likeness (QED) is 0.458. The highest BCUT2D eigenvalue weighted by Gasteiger charge is 2.11. The van der Waals surface area contributed by atoms with E-state index in [1.165, 1.54) is 0 Å². The molecule has 7 N–H and O–H groups in total. The summed E-state index contributed by atoms with van der Waals surface area (Å²) in [6, 6.07) is -0.979. The molecule has 0 aliphatic carbocycles. The third-order valence-corrected chi connectivity index (χ3v) is 1.31. The number of carbonyl (C=O) groups excluding carboxylic acids is 1. The van der Waals surface area contributed by atoms with Gasteiger partial charge in [0.05, 0.1) is 0 Å². The van der Waals surface area contributed by atoms with Gasteiger partial charge < -0.3 is 22.3 Å². The molecule has 6 heteroatoms. The SMILES string of the molecule is CCCN.NC(=O)CCC(N)C(=O)O. The van der Waals surface area contributed by atoms with Gasteiger partial charge in [-0.2, -0.15) is 0 Å². The Labute approximate surface area is 83.4 Å². The molecule has 0 spiro atoms. The zero-order valence-electron chi connectivity index (χ0n) is 8.40. The number of hydrogen-bond donors (Lipinski definition) is 4. The lowest BCUT2D eigenvalue weighted by Crippen LogP contribution is -2.31. The first-order valence-corrected chi connectivity index (χ1v) is 4.42. The molecule has 84 valence electrons. The number of aliphatic carboxylic acids is 1. The van der Waals surface area contributed by atoms with Crippen LogP contribution in [0.15, 0.2) is 0 Å². The van der Waals surface area contributed by atoms with Gasteiger partial charge in [-0.25, -0.2) is 0 Å². The topological polar surface area (TPSA) is 132 Å². The summed E-state index contributed by atoms with van der Waals surface area (Å²) in [4.78, 5) is 20.1. The lowest BCUT2D eigenvalue weighted by molar-refractivity contribution is -0.138. The van der Waals surface area contributed by atoms with Crippen LogP contribution >= 0.6 is 0 Å². The first kappa shape index (κ1) is 15.3. The molecule has 0 saturated heterocycles. The van der Waals surface area contributed by atoms with E-state index < -0.39 is 17.9 Å². The number of amides is 1. The Bertz CT molecular complexity index is 171. The Hall–Kier alpha value is -1.14. The van der Waals surface area contributed by atoms with Gasteiger partial charge in [-0.05, 0) is 19.4 Å². The molecule has 0 heterocycles. The maximum atomic E-state index is 10.1. The highest BCUT2D eigenvalue weighted by atomic mass is 16.4. The molecule has 1 unspecified atom stereocenters. The monoisotopic (exact) mass is 205 g/mol. The molecule has 0 aliphatic heterocycles. The maximum Gasteiger partial charge on any atom is 0.320 e. The molecule has 0 fully saturated rings. The van der Waals surface area contributed by atoms with Crippen LogP contribution in [-0.2, 0) is 9.59 Å². The Morgan fingerprint density at radius 3 is 2.07 bits per heavy atom. The van der Waals surface area contributed by atoms with Crippen molar-refractivity contribution >= 4 is 11.9 Å². The van der Waals surface area contributed by atoms with Gasteiger partial charge in [0.2, 0.25) is 5.91 Å². The fourth-order valence-electron chi connectivity index (χ4n) is 0.421. The second-order valence-corrected chi connectivity index (χ2v) is 2.74. The number of rotatable bonds is 5. The van der Waals surface area contributed by atoms with Crippen LogP contribution in [0.4, 0.5) is 0 Å². The lowest BCUT2D eigenvalue weighted by atomic mass is 10.2. The van der Waals surface area contributed by atoms with Crippen molar-refractivity contribution in [3.8, 4) is 0 Å². The molecule has 0 aromatic heterocycles. The summed E-state index contributed by atoms with van der Waals surface area (Å²) in [5.74, 6) is -1.64. The average Bonchev–Trinajstić information content (AvgIpc) is 2.14. The standard InChI is InChI=1S/C5H10N2O3.C3H9N/c6-3(5(9)10)1-2-4(7)8;1-2-3-4/h3H,1-2,6H2,(H2,7,8)(H,9,10);2-4H2,1H3. The van der Waals surface area contributed by atoms with E-state index in [-0.39, 0.29) is 12.8 Å². The summed E-state index contributed by atoms with van der Waals surface area (Å²) in [6.45, 7) is 2.88. The third-order valence-electron chi connectivity index (χ3n) is 1.31. The van der Waals surface area contributed by atoms with E-state index in [4.69, 9.17) is 22.3 Å². The van der Waals surface area contributed by atoms with E-state index in [2.05, 4.69) is 6.92 Å². The number of nitrogens with two attached hydrogens (primary N) is 3. The van der Waals surface area contributed by atoms with Gasteiger partial charge >= 0.3 is 5.97 Å². The number of carboxylic acids is 1. The third kappa shape index (κ3) is 13.4. The molecule has 0 aromatic rings. The Morgan fingerprint density at radius 1 is 1.43 bits per heavy atom. The van der Waals surface area contributed by atoms with Crippen LogP contribution in [0.25, 0.3) is 0 Å². The number of carboxylic acid groups (broad SMARTS) is 1. The van der Waals surface area contributed by atoms with Crippen LogP contribution in [0.3, 0.4) is 0 Å². The highest BCUT2D eigenvalue weighted by Crippen LogP contribution is 1.92. The molecule has 0 radical (unpaired) electrons. The van der Waals surface area contributed by atoms with Gasteiger partial charge in [0.1, 0.15) is 6.04 Å². The van der Waals surface area contributed by atoms with Crippen molar-refractivity contribution in [2.24, 2.45) is 17.2 Å². The van der Waals surface area contributed by atoms with Gasteiger partial charge in [-0.3, -0.25) is 9.59 Å². The van der Waals surface area contributed by atoms with Crippen LogP contribution in [0, 0.1) is 0 Å². The molecular formula is C8H19N3O3. The molecule has 0 saturated carbocycles. The minimum Gasteiger partial charge on any atom is -0.480 e. The highest BCUT2D eigenvalue weighted by molar-refractivity contribution is 5.76. The largest absolute Gasteiger partial charge is 0.480 e. The van der Waals surface area contributed by atoms with E-state index in [1.807, 2.05) is 0 Å². The van der Waals surface area contributed by atoms with Crippen LogP contribution in [0.1, 0.15) is 26.2 Å². The van der Waals surface area contributed by atoms with E-state index in [1.54, 1.807) is 0 Å². The number of primary amides is 1. The summed E-state index contributed by atoms with van der Waals surface area (Å²) < 4.78 is 0. The van der Waals surface area contributed by atoms with E-state index in [9.17, 15) is 9.59 Å². The summed E-state index contributed by atoms with van der Waals surface area (Å²) in [7, 11) is 0. The molecule has 0 aliphatic rings.